The zero-order valence-electron chi connectivity index (χ0n) is 20.6. The molecule has 0 unspecified atom stereocenters. The molecule has 1 aromatic carbocycles. The fraction of sp³-hybridized carbons (Fsp3) is 0.462. The summed E-state index contributed by atoms with van der Waals surface area (Å²) in [5.41, 5.74) is 3.38. The third-order valence-corrected chi connectivity index (χ3v) is 5.36. The number of methoxy groups -OCH3 is 1. The van der Waals surface area contributed by atoms with Crippen LogP contribution in [-0.4, -0.2) is 45.8 Å². The number of nitrogens with zero attached hydrogens (tertiary/aromatic N) is 3. The number of benzene rings is 1. The molecule has 0 fully saturated rings. The van der Waals surface area contributed by atoms with E-state index in [-0.39, 0.29) is 17.9 Å². The first-order valence-electron chi connectivity index (χ1n) is 11.6. The first-order chi connectivity index (χ1) is 16.2. The van der Waals surface area contributed by atoms with Gasteiger partial charge in [-0.25, -0.2) is 9.50 Å². The molecule has 182 valence electrons. The minimum Gasteiger partial charge on any atom is -0.469 e. The number of hydrogen-bond donors (Lipinski definition) is 1. The van der Waals surface area contributed by atoms with Gasteiger partial charge >= 0.3 is 11.9 Å². The first kappa shape index (κ1) is 25.2. The zero-order valence-corrected chi connectivity index (χ0v) is 20.6. The molecule has 8 heteroatoms. The highest BCUT2D eigenvalue weighted by Crippen LogP contribution is 2.26. The van der Waals surface area contributed by atoms with E-state index in [4.69, 9.17) is 14.5 Å². The van der Waals surface area contributed by atoms with E-state index in [0.29, 0.717) is 19.4 Å². The van der Waals surface area contributed by atoms with Crippen LogP contribution in [0.15, 0.2) is 42.7 Å². The molecule has 8 nitrogen and oxygen atoms in total. The average Bonchev–Trinajstić information content (AvgIpc) is 3.22. The van der Waals surface area contributed by atoms with Crippen LogP contribution in [0, 0.1) is 5.92 Å². The van der Waals surface area contributed by atoms with E-state index in [1.807, 2.05) is 58.3 Å². The third kappa shape index (κ3) is 7.04. The smallest absolute Gasteiger partial charge is 0.308 e. The van der Waals surface area contributed by atoms with Crippen molar-refractivity contribution in [3.8, 4) is 11.1 Å². The van der Waals surface area contributed by atoms with E-state index < -0.39 is 5.60 Å². The van der Waals surface area contributed by atoms with Crippen LogP contribution in [0.25, 0.3) is 16.8 Å². The number of aryl methyl sites for hydroxylation is 1. The molecule has 0 saturated carbocycles. The predicted octanol–water partition coefficient (Wildman–Crippen LogP) is 4.67. The molecule has 1 atom stereocenters. The normalized spacial score (nSPS) is 12.4. The maximum Gasteiger partial charge on any atom is 0.308 e. The molecular formula is C26H34N4O4. The largest absolute Gasteiger partial charge is 0.469 e. The van der Waals surface area contributed by atoms with Crippen molar-refractivity contribution in [2.75, 3.05) is 19.0 Å². The van der Waals surface area contributed by atoms with Gasteiger partial charge < -0.3 is 14.8 Å². The van der Waals surface area contributed by atoms with Gasteiger partial charge in [0.25, 0.3) is 0 Å². The number of ether oxygens (including phenoxy) is 2. The fourth-order valence-corrected chi connectivity index (χ4v) is 3.61. The summed E-state index contributed by atoms with van der Waals surface area (Å²) in [7, 11) is 1.42. The monoisotopic (exact) mass is 466 g/mol. The van der Waals surface area contributed by atoms with Gasteiger partial charge in [-0.2, -0.15) is 5.10 Å². The summed E-state index contributed by atoms with van der Waals surface area (Å²) in [6.45, 7) is 8.09. The summed E-state index contributed by atoms with van der Waals surface area (Å²) in [4.78, 5) is 28.3. The van der Waals surface area contributed by atoms with Crippen LogP contribution >= 0.6 is 0 Å². The van der Waals surface area contributed by atoms with Crippen molar-refractivity contribution in [1.82, 2.24) is 14.6 Å². The molecule has 0 amide bonds. The summed E-state index contributed by atoms with van der Waals surface area (Å²) < 4.78 is 11.9. The Bertz CT molecular complexity index is 1130. The van der Waals surface area contributed by atoms with E-state index in [1.165, 1.54) is 7.11 Å². The molecule has 2 aromatic heterocycles. The second-order valence-electron chi connectivity index (χ2n) is 9.42. The number of fused-ring (bicyclic) bond motifs is 1. The lowest BCUT2D eigenvalue weighted by Gasteiger charge is -2.19. The van der Waals surface area contributed by atoms with Gasteiger partial charge in [0.15, 0.2) is 5.65 Å². The minimum absolute atomic E-state index is 0.142. The zero-order chi connectivity index (χ0) is 24.7. The second-order valence-corrected chi connectivity index (χ2v) is 9.42. The maximum absolute atomic E-state index is 11.9. The van der Waals surface area contributed by atoms with Crippen molar-refractivity contribution in [1.29, 1.82) is 0 Å². The van der Waals surface area contributed by atoms with E-state index in [2.05, 4.69) is 22.5 Å². The number of aromatic nitrogens is 3. The molecule has 2 heterocycles. The van der Waals surface area contributed by atoms with Crippen molar-refractivity contribution in [3.05, 3.63) is 48.3 Å². The number of anilines is 1. The van der Waals surface area contributed by atoms with Gasteiger partial charge in [-0.15, -0.1) is 0 Å². The molecule has 0 aliphatic heterocycles. The topological polar surface area (TPSA) is 94.8 Å². The lowest BCUT2D eigenvalue weighted by molar-refractivity contribution is -0.154. The van der Waals surface area contributed by atoms with Crippen LogP contribution in [0.4, 0.5) is 5.82 Å². The number of nitrogens with one attached hydrogen (secondary N) is 1. The number of rotatable bonds is 10. The quantitative estimate of drug-likeness (QED) is 0.343. The standard InChI is InChI=1S/C26H34N4O4/c1-18(25(32)33-5)11-12-19-8-6-9-20(16-19)21-17-28-30-15-13-22(29-24(21)30)27-14-7-10-23(31)34-26(2,3)4/h6,8-9,13,15-18H,7,10-12,14H2,1-5H3,(H,27,29)/t18-/m0/s1. The number of carbonyl (C=O) groups is 2. The molecule has 0 radical (unpaired) electrons. The SMILES string of the molecule is COC(=O)[C@@H](C)CCc1cccc(-c2cnn3ccc(NCCCC(=O)OC(C)(C)C)nc23)c1. The summed E-state index contributed by atoms with van der Waals surface area (Å²) in [6.07, 6.45) is 6.18. The number of esters is 2. The molecule has 0 saturated heterocycles. The maximum atomic E-state index is 11.9. The first-order valence-corrected chi connectivity index (χ1v) is 11.6. The summed E-state index contributed by atoms with van der Waals surface area (Å²) >= 11 is 0. The predicted molar refractivity (Wildman–Crippen MR) is 131 cm³/mol. The van der Waals surface area contributed by atoms with E-state index in [0.717, 1.165) is 41.0 Å². The van der Waals surface area contributed by atoms with E-state index >= 15 is 0 Å². The number of carbonyl (C=O) groups excluding carboxylic acids is 2. The Morgan fingerprint density at radius 2 is 2.00 bits per heavy atom. The Balaban J connectivity index is 1.65. The van der Waals surface area contributed by atoms with Crippen LogP contribution in [0.2, 0.25) is 0 Å². The Morgan fingerprint density at radius 3 is 2.74 bits per heavy atom. The van der Waals surface area contributed by atoms with E-state index in [1.54, 1.807) is 4.52 Å². The van der Waals surface area contributed by atoms with Gasteiger partial charge in [0.1, 0.15) is 11.4 Å². The summed E-state index contributed by atoms with van der Waals surface area (Å²) in [6, 6.07) is 10.1. The van der Waals surface area contributed by atoms with Crippen molar-refractivity contribution in [3.63, 3.8) is 0 Å². The highest BCUT2D eigenvalue weighted by Gasteiger charge is 2.16. The van der Waals surface area contributed by atoms with Gasteiger partial charge in [0, 0.05) is 24.7 Å². The fourth-order valence-electron chi connectivity index (χ4n) is 3.61. The molecule has 0 aliphatic carbocycles. The van der Waals surface area contributed by atoms with Gasteiger partial charge in [-0.05, 0) is 57.2 Å². The second kappa shape index (κ2) is 11.1. The molecule has 0 aliphatic rings. The van der Waals surface area contributed by atoms with Crippen LogP contribution < -0.4 is 5.32 Å². The Morgan fingerprint density at radius 1 is 1.21 bits per heavy atom. The molecular weight excluding hydrogens is 432 g/mol. The Labute approximate surface area is 200 Å². The van der Waals surface area contributed by atoms with Crippen molar-refractivity contribution < 1.29 is 19.1 Å². The van der Waals surface area contributed by atoms with Gasteiger partial charge in [-0.3, -0.25) is 9.59 Å². The molecule has 1 N–H and O–H groups in total. The van der Waals surface area contributed by atoms with Crippen molar-refractivity contribution >= 4 is 23.4 Å². The van der Waals surface area contributed by atoms with E-state index in [9.17, 15) is 9.59 Å². The average molecular weight is 467 g/mol. The molecule has 34 heavy (non-hydrogen) atoms. The lowest BCUT2D eigenvalue weighted by atomic mass is 9.98. The highest BCUT2D eigenvalue weighted by molar-refractivity contribution is 5.78. The minimum atomic E-state index is -0.466. The van der Waals surface area contributed by atoms with Crippen LogP contribution in [0.1, 0.15) is 52.5 Å². The molecule has 0 bridgehead atoms. The molecule has 3 rings (SSSR count). The van der Waals surface area contributed by atoms with Crippen molar-refractivity contribution in [2.24, 2.45) is 5.92 Å². The van der Waals surface area contributed by atoms with Crippen LogP contribution in [0.3, 0.4) is 0 Å². The van der Waals surface area contributed by atoms with Gasteiger partial charge in [0.05, 0.1) is 19.2 Å². The highest BCUT2D eigenvalue weighted by atomic mass is 16.6. The lowest BCUT2D eigenvalue weighted by Crippen LogP contribution is -2.24. The molecule has 0 spiro atoms. The van der Waals surface area contributed by atoms with Crippen LogP contribution in [0.5, 0.6) is 0 Å². The Hall–Kier alpha value is -3.42. The number of hydrogen-bond acceptors (Lipinski definition) is 7. The third-order valence-electron chi connectivity index (χ3n) is 5.36. The molecule has 3 aromatic rings. The summed E-state index contributed by atoms with van der Waals surface area (Å²) in [5.74, 6) is 0.198. The summed E-state index contributed by atoms with van der Waals surface area (Å²) in [5, 5.41) is 7.71. The Kier molecular flexibility index (Phi) is 8.26. The van der Waals surface area contributed by atoms with Crippen molar-refractivity contribution in [2.45, 2.75) is 59.0 Å². The van der Waals surface area contributed by atoms with Gasteiger partial charge in [-0.1, -0.05) is 31.2 Å². The van der Waals surface area contributed by atoms with Gasteiger partial charge in [0.2, 0.25) is 0 Å². The van der Waals surface area contributed by atoms with Crippen LogP contribution in [-0.2, 0) is 25.5 Å².